The third-order valence-electron chi connectivity index (χ3n) is 3.27. The molecule has 0 atom stereocenters. The number of rotatable bonds is 2. The van der Waals surface area contributed by atoms with Crippen molar-refractivity contribution in [3.63, 3.8) is 0 Å². The van der Waals surface area contributed by atoms with Gasteiger partial charge in [0, 0.05) is 23.0 Å². The molecule has 0 aliphatic heterocycles. The van der Waals surface area contributed by atoms with E-state index in [1.807, 2.05) is 0 Å². The molecule has 0 saturated carbocycles. The highest BCUT2D eigenvalue weighted by Gasteiger charge is 2.31. The van der Waals surface area contributed by atoms with Crippen LogP contribution < -0.4 is 0 Å². The van der Waals surface area contributed by atoms with Gasteiger partial charge in [0.15, 0.2) is 5.82 Å². The molecule has 0 spiro atoms. The minimum atomic E-state index is -4.53. The lowest BCUT2D eigenvalue weighted by Crippen LogP contribution is -2.06. The average Bonchev–Trinajstić information content (AvgIpc) is 2.55. The Balaban J connectivity index is 2.00. The molecule has 9 heteroatoms. The fourth-order valence-electron chi connectivity index (χ4n) is 2.05. The highest BCUT2D eigenvalue weighted by Crippen LogP contribution is 2.36. The molecule has 0 N–H and O–H groups in total. The van der Waals surface area contributed by atoms with E-state index in [1.54, 1.807) is 24.3 Å². The SMILES string of the molecule is FC(F)(F)c1cnc(-c2cnc(-c3ccc(Cl)cc3)nc2Cl)c(Cl)c1. The topological polar surface area (TPSA) is 38.7 Å². The molecular weight excluding hydrogens is 398 g/mol. The van der Waals surface area contributed by atoms with Gasteiger partial charge >= 0.3 is 6.18 Å². The van der Waals surface area contributed by atoms with E-state index in [2.05, 4.69) is 15.0 Å². The Morgan fingerprint density at radius 3 is 2.12 bits per heavy atom. The van der Waals surface area contributed by atoms with E-state index >= 15 is 0 Å². The zero-order valence-corrected chi connectivity index (χ0v) is 14.4. The van der Waals surface area contributed by atoms with Crippen molar-refractivity contribution < 1.29 is 13.2 Å². The van der Waals surface area contributed by atoms with Crippen LogP contribution >= 0.6 is 34.8 Å². The fraction of sp³-hybridized carbons (Fsp3) is 0.0625. The fourth-order valence-corrected chi connectivity index (χ4v) is 2.66. The van der Waals surface area contributed by atoms with Gasteiger partial charge in [-0.25, -0.2) is 9.97 Å². The highest BCUT2D eigenvalue weighted by atomic mass is 35.5. The largest absolute Gasteiger partial charge is 0.417 e. The molecule has 0 amide bonds. The molecule has 3 rings (SSSR count). The summed E-state index contributed by atoms with van der Waals surface area (Å²) in [6, 6.07) is 7.58. The van der Waals surface area contributed by atoms with Gasteiger partial charge in [0.25, 0.3) is 0 Å². The summed E-state index contributed by atoms with van der Waals surface area (Å²) in [5.74, 6) is 0.341. The number of benzene rings is 1. The minimum Gasteiger partial charge on any atom is -0.254 e. The normalized spacial score (nSPS) is 11.6. The average molecular weight is 405 g/mol. The summed E-state index contributed by atoms with van der Waals surface area (Å²) in [4.78, 5) is 12.1. The molecule has 2 aromatic heterocycles. The Morgan fingerprint density at radius 2 is 1.56 bits per heavy atom. The van der Waals surface area contributed by atoms with E-state index < -0.39 is 11.7 Å². The number of hydrogen-bond donors (Lipinski definition) is 0. The Labute approximate surface area is 155 Å². The maximum atomic E-state index is 12.7. The van der Waals surface area contributed by atoms with Crippen molar-refractivity contribution in [1.82, 2.24) is 15.0 Å². The Hall–Kier alpha value is -1.89. The maximum Gasteiger partial charge on any atom is 0.417 e. The van der Waals surface area contributed by atoms with Crippen LogP contribution in [0.3, 0.4) is 0 Å². The van der Waals surface area contributed by atoms with Crippen molar-refractivity contribution in [3.8, 4) is 22.6 Å². The molecule has 3 aromatic rings. The number of nitrogens with zero attached hydrogens (tertiary/aromatic N) is 3. The number of alkyl halides is 3. The molecule has 0 unspecified atom stereocenters. The van der Waals surface area contributed by atoms with Crippen molar-refractivity contribution in [2.24, 2.45) is 0 Å². The summed E-state index contributed by atoms with van der Waals surface area (Å²) in [6.45, 7) is 0. The summed E-state index contributed by atoms with van der Waals surface area (Å²) in [5, 5.41) is 0.390. The van der Waals surface area contributed by atoms with Crippen molar-refractivity contribution in [1.29, 1.82) is 0 Å². The van der Waals surface area contributed by atoms with Gasteiger partial charge in [0.1, 0.15) is 5.15 Å². The van der Waals surface area contributed by atoms with Crippen molar-refractivity contribution in [2.75, 3.05) is 0 Å². The predicted octanol–water partition coefficient (Wildman–Crippen LogP) is 6.18. The van der Waals surface area contributed by atoms with Crippen molar-refractivity contribution in [3.05, 3.63) is 63.5 Å². The molecule has 0 saturated heterocycles. The molecule has 0 bridgehead atoms. The second-order valence-electron chi connectivity index (χ2n) is 4.96. The van der Waals surface area contributed by atoms with Crippen molar-refractivity contribution >= 4 is 34.8 Å². The quantitative estimate of drug-likeness (QED) is 0.478. The molecule has 1 aromatic carbocycles. The zero-order valence-electron chi connectivity index (χ0n) is 12.2. The third kappa shape index (κ3) is 3.86. The standard InChI is InChI=1S/C16H7Cl3F3N3/c17-10-3-1-8(2-4-10)15-24-7-11(14(19)25-15)13-12(18)5-9(6-23-13)16(20,21)22/h1-7H. The monoisotopic (exact) mass is 403 g/mol. The number of pyridine rings is 1. The van der Waals surface area contributed by atoms with E-state index in [-0.39, 0.29) is 21.4 Å². The van der Waals surface area contributed by atoms with Crippen LogP contribution in [-0.4, -0.2) is 15.0 Å². The van der Waals surface area contributed by atoms with Gasteiger partial charge in [-0.05, 0) is 30.3 Å². The maximum absolute atomic E-state index is 12.7. The summed E-state index contributed by atoms with van der Waals surface area (Å²) in [6.07, 6.45) is -2.49. The smallest absolute Gasteiger partial charge is 0.254 e. The number of halogens is 6. The number of hydrogen-bond acceptors (Lipinski definition) is 3. The van der Waals surface area contributed by atoms with E-state index in [4.69, 9.17) is 34.8 Å². The minimum absolute atomic E-state index is 0.0223. The highest BCUT2D eigenvalue weighted by molar-refractivity contribution is 6.35. The Kier molecular flexibility index (Phi) is 4.86. The van der Waals surface area contributed by atoms with Gasteiger partial charge in [-0.15, -0.1) is 0 Å². The van der Waals surface area contributed by atoms with Gasteiger partial charge < -0.3 is 0 Å². The van der Waals surface area contributed by atoms with Crippen LogP contribution in [0.25, 0.3) is 22.6 Å². The molecule has 0 aliphatic carbocycles. The van der Waals surface area contributed by atoms with Gasteiger partial charge in [-0.1, -0.05) is 34.8 Å². The first kappa shape index (κ1) is 17.9. The van der Waals surface area contributed by atoms with E-state index in [1.165, 1.54) is 6.20 Å². The Morgan fingerprint density at radius 1 is 0.880 bits per heavy atom. The summed E-state index contributed by atoms with van der Waals surface area (Å²) >= 11 is 17.9. The first-order chi connectivity index (χ1) is 11.8. The van der Waals surface area contributed by atoms with Crippen LogP contribution in [-0.2, 0) is 6.18 Å². The van der Waals surface area contributed by atoms with Crippen LogP contribution in [0, 0.1) is 0 Å². The molecule has 0 radical (unpaired) electrons. The predicted molar refractivity (Wildman–Crippen MR) is 90.7 cm³/mol. The lowest BCUT2D eigenvalue weighted by molar-refractivity contribution is -0.137. The van der Waals surface area contributed by atoms with Crippen LogP contribution in [0.4, 0.5) is 13.2 Å². The molecular formula is C16H7Cl3F3N3. The van der Waals surface area contributed by atoms with E-state index in [0.29, 0.717) is 22.6 Å². The van der Waals surface area contributed by atoms with Crippen molar-refractivity contribution in [2.45, 2.75) is 6.18 Å². The lowest BCUT2D eigenvalue weighted by atomic mass is 10.1. The van der Waals surface area contributed by atoms with Gasteiger partial charge in [0.05, 0.1) is 21.8 Å². The van der Waals surface area contributed by atoms with E-state index in [9.17, 15) is 13.2 Å². The first-order valence-corrected chi connectivity index (χ1v) is 7.90. The molecule has 25 heavy (non-hydrogen) atoms. The van der Waals surface area contributed by atoms with Crippen LogP contribution in [0.15, 0.2) is 42.7 Å². The second-order valence-corrected chi connectivity index (χ2v) is 6.16. The number of aromatic nitrogens is 3. The van der Waals surface area contributed by atoms with Crippen LogP contribution in [0.5, 0.6) is 0 Å². The third-order valence-corrected chi connectivity index (χ3v) is 4.10. The van der Waals surface area contributed by atoms with Crippen LogP contribution in [0.1, 0.15) is 5.56 Å². The van der Waals surface area contributed by atoms with Gasteiger partial charge in [-0.2, -0.15) is 13.2 Å². The Bertz CT molecular complexity index is 928. The summed E-state index contributed by atoms with van der Waals surface area (Å²) in [7, 11) is 0. The molecule has 3 nitrogen and oxygen atoms in total. The summed E-state index contributed by atoms with van der Waals surface area (Å²) < 4.78 is 38.1. The second kappa shape index (κ2) is 6.78. The van der Waals surface area contributed by atoms with E-state index in [0.717, 1.165) is 6.07 Å². The summed E-state index contributed by atoms with van der Waals surface area (Å²) in [5.41, 5.74) is 0.0424. The van der Waals surface area contributed by atoms with Gasteiger partial charge in [-0.3, -0.25) is 4.98 Å². The first-order valence-electron chi connectivity index (χ1n) is 6.77. The van der Waals surface area contributed by atoms with Crippen LogP contribution in [0.2, 0.25) is 15.2 Å². The zero-order chi connectivity index (χ0) is 18.2. The van der Waals surface area contributed by atoms with Gasteiger partial charge in [0.2, 0.25) is 0 Å². The molecule has 2 heterocycles. The lowest BCUT2D eigenvalue weighted by Gasteiger charge is -2.10. The molecule has 128 valence electrons. The molecule has 0 fully saturated rings. The molecule has 0 aliphatic rings.